The topological polar surface area (TPSA) is 119 Å². The zero-order chi connectivity index (χ0) is 22.0. The maximum Gasteiger partial charge on any atom is 0.243 e. The van der Waals surface area contributed by atoms with Gasteiger partial charge in [-0.25, -0.2) is 0 Å². The number of likely N-dealkylation sites (tertiary alicyclic amines) is 1. The van der Waals surface area contributed by atoms with Gasteiger partial charge in [0.25, 0.3) is 0 Å². The summed E-state index contributed by atoms with van der Waals surface area (Å²) in [6.45, 7) is 16.9. The maximum absolute atomic E-state index is 11.9. The van der Waals surface area contributed by atoms with Crippen molar-refractivity contribution < 1.29 is 14.4 Å². The monoisotopic (exact) mass is 388 g/mol. The number of hydrogen-bond acceptors (Lipinski definition) is 4. The molecule has 7 heteroatoms. The van der Waals surface area contributed by atoms with Crippen molar-refractivity contribution in [1.82, 2.24) is 10.2 Å². The second-order valence-corrected chi connectivity index (χ2v) is 6.85. The van der Waals surface area contributed by atoms with Gasteiger partial charge in [0.05, 0.1) is 12.6 Å². The molecule has 1 heterocycles. The molecule has 0 aromatic carbocycles. The summed E-state index contributed by atoms with van der Waals surface area (Å²) in [5.41, 5.74) is 10.6. The van der Waals surface area contributed by atoms with Crippen LogP contribution in [0.1, 0.15) is 81.1 Å². The summed E-state index contributed by atoms with van der Waals surface area (Å²) in [7, 11) is 0. The first-order valence-corrected chi connectivity index (χ1v) is 10.2. The summed E-state index contributed by atoms with van der Waals surface area (Å²) in [4.78, 5) is 35.8. The lowest BCUT2D eigenvalue weighted by molar-refractivity contribution is -0.138. The van der Waals surface area contributed by atoms with Gasteiger partial charge in [-0.3, -0.25) is 14.4 Å². The lowest BCUT2D eigenvalue weighted by Crippen LogP contribution is -2.50. The standard InChI is InChI=1S/C11H20N4O3.C4H10.C3H8.C2H6/c1-2-3-8(10(17)14-6-9(13)16)15-5-4-7(12)11(15)18;1-4(2)3;1-3-2;1-2/h7-8H,2-6,12H2,1H3,(H2,13,16)(H,14,17);4H,1-3H3;3H2,1-2H3;1-2H3/t7-,8+;;;/m1.../s1. The normalized spacial score (nSPS) is 16.1. The van der Waals surface area contributed by atoms with Gasteiger partial charge in [-0.2, -0.15) is 0 Å². The SMILES string of the molecule is CC.CC(C)C.CCC.CCC[C@@H](C(=O)NCC(N)=O)N1CC[C@@H](N)C1=O. The van der Waals surface area contributed by atoms with E-state index in [0.717, 1.165) is 12.3 Å². The van der Waals surface area contributed by atoms with Gasteiger partial charge < -0.3 is 21.7 Å². The van der Waals surface area contributed by atoms with E-state index in [9.17, 15) is 14.4 Å². The van der Waals surface area contributed by atoms with E-state index >= 15 is 0 Å². The Morgan fingerprint density at radius 3 is 1.93 bits per heavy atom. The molecule has 0 unspecified atom stereocenters. The van der Waals surface area contributed by atoms with Crippen LogP contribution >= 0.6 is 0 Å². The first-order valence-electron chi connectivity index (χ1n) is 10.2. The second-order valence-electron chi connectivity index (χ2n) is 6.85. The van der Waals surface area contributed by atoms with E-state index in [0.29, 0.717) is 19.4 Å². The van der Waals surface area contributed by atoms with Gasteiger partial charge in [0.15, 0.2) is 0 Å². The van der Waals surface area contributed by atoms with Crippen LogP contribution in [0.25, 0.3) is 0 Å². The van der Waals surface area contributed by atoms with Gasteiger partial charge in [-0.15, -0.1) is 0 Å². The fourth-order valence-corrected chi connectivity index (χ4v) is 2.03. The number of rotatable bonds is 6. The van der Waals surface area contributed by atoms with Gasteiger partial charge in [0.2, 0.25) is 17.7 Å². The van der Waals surface area contributed by atoms with Crippen molar-refractivity contribution >= 4 is 17.7 Å². The maximum atomic E-state index is 11.9. The first-order chi connectivity index (χ1) is 12.6. The summed E-state index contributed by atoms with van der Waals surface area (Å²) in [5, 5.41) is 2.43. The zero-order valence-electron chi connectivity index (χ0n) is 18.8. The fraction of sp³-hybridized carbons (Fsp3) is 0.850. The lowest BCUT2D eigenvalue weighted by atomic mass is 10.1. The summed E-state index contributed by atoms with van der Waals surface area (Å²) < 4.78 is 0. The number of nitrogens with one attached hydrogen (secondary N) is 1. The van der Waals surface area contributed by atoms with Gasteiger partial charge in [0, 0.05) is 6.54 Å². The van der Waals surface area contributed by atoms with Crippen LogP contribution < -0.4 is 16.8 Å². The van der Waals surface area contributed by atoms with Crippen molar-refractivity contribution in [2.75, 3.05) is 13.1 Å². The van der Waals surface area contributed by atoms with Crippen molar-refractivity contribution in [3.05, 3.63) is 0 Å². The van der Waals surface area contributed by atoms with Crippen molar-refractivity contribution in [1.29, 1.82) is 0 Å². The molecule has 1 fully saturated rings. The Hall–Kier alpha value is -1.63. The van der Waals surface area contributed by atoms with Crippen molar-refractivity contribution in [3.63, 3.8) is 0 Å². The van der Waals surface area contributed by atoms with Gasteiger partial charge in [-0.05, 0) is 18.8 Å². The summed E-state index contributed by atoms with van der Waals surface area (Å²) in [6.07, 6.45) is 3.11. The van der Waals surface area contributed by atoms with Gasteiger partial charge in [0.1, 0.15) is 6.04 Å². The minimum Gasteiger partial charge on any atom is -0.368 e. The van der Waals surface area contributed by atoms with E-state index < -0.39 is 18.0 Å². The summed E-state index contributed by atoms with van der Waals surface area (Å²) in [6, 6.07) is -1.08. The number of nitrogens with two attached hydrogens (primary N) is 2. The molecule has 1 aliphatic rings. The summed E-state index contributed by atoms with van der Waals surface area (Å²) in [5.74, 6) is -0.330. The minimum atomic E-state index is -0.608. The van der Waals surface area contributed by atoms with E-state index in [1.807, 2.05) is 20.8 Å². The van der Waals surface area contributed by atoms with Crippen LogP contribution in [0.3, 0.4) is 0 Å². The van der Waals surface area contributed by atoms with Crippen molar-refractivity contribution in [3.8, 4) is 0 Å². The number of carbonyl (C=O) groups is 3. The molecule has 1 saturated heterocycles. The Bertz CT molecular complexity index is 398. The molecule has 1 aliphatic heterocycles. The minimum absolute atomic E-state index is 0.206. The van der Waals surface area contributed by atoms with Gasteiger partial charge in [-0.1, -0.05) is 68.2 Å². The largest absolute Gasteiger partial charge is 0.368 e. The molecule has 3 amide bonds. The lowest BCUT2D eigenvalue weighted by Gasteiger charge is -2.26. The second kappa shape index (κ2) is 19.1. The average molecular weight is 389 g/mol. The summed E-state index contributed by atoms with van der Waals surface area (Å²) >= 11 is 0. The molecule has 162 valence electrons. The van der Waals surface area contributed by atoms with E-state index in [4.69, 9.17) is 11.5 Å². The third kappa shape index (κ3) is 16.3. The van der Waals surface area contributed by atoms with Crippen molar-refractivity contribution in [2.24, 2.45) is 17.4 Å². The van der Waals surface area contributed by atoms with E-state index in [2.05, 4.69) is 39.9 Å². The molecular formula is C20H44N4O3. The molecule has 0 bridgehead atoms. The molecule has 27 heavy (non-hydrogen) atoms. The fourth-order valence-electron chi connectivity index (χ4n) is 2.03. The number of hydrogen-bond donors (Lipinski definition) is 3. The molecule has 7 nitrogen and oxygen atoms in total. The Morgan fingerprint density at radius 1 is 1.19 bits per heavy atom. The van der Waals surface area contributed by atoms with Gasteiger partial charge >= 0.3 is 0 Å². The molecule has 0 spiro atoms. The molecule has 0 saturated carbocycles. The predicted octanol–water partition coefficient (Wildman–Crippen LogP) is 2.42. The third-order valence-corrected chi connectivity index (χ3v) is 2.96. The Kier molecular flexibility index (Phi) is 21.3. The Labute approximate surface area is 166 Å². The van der Waals surface area contributed by atoms with Crippen LogP contribution in [0.5, 0.6) is 0 Å². The third-order valence-electron chi connectivity index (χ3n) is 2.96. The number of amides is 3. The molecular weight excluding hydrogens is 344 g/mol. The zero-order valence-corrected chi connectivity index (χ0v) is 18.8. The van der Waals surface area contributed by atoms with Crippen LogP contribution in [0.2, 0.25) is 0 Å². The highest BCUT2D eigenvalue weighted by atomic mass is 16.2. The predicted molar refractivity (Wildman–Crippen MR) is 113 cm³/mol. The molecule has 0 radical (unpaired) electrons. The first kappa shape index (κ1) is 30.1. The van der Waals surface area contributed by atoms with Crippen LogP contribution in [-0.2, 0) is 14.4 Å². The molecule has 0 aliphatic carbocycles. The highest BCUT2D eigenvalue weighted by molar-refractivity contribution is 5.92. The highest BCUT2D eigenvalue weighted by Crippen LogP contribution is 2.16. The van der Waals surface area contributed by atoms with Crippen LogP contribution in [0.15, 0.2) is 0 Å². The molecule has 0 aromatic heterocycles. The van der Waals surface area contributed by atoms with Crippen LogP contribution in [0, 0.1) is 5.92 Å². The Morgan fingerprint density at radius 2 is 1.63 bits per heavy atom. The molecule has 2 atom stereocenters. The highest BCUT2D eigenvalue weighted by Gasteiger charge is 2.36. The number of nitrogens with zero attached hydrogens (tertiary/aromatic N) is 1. The van der Waals surface area contributed by atoms with Crippen LogP contribution in [-0.4, -0.2) is 47.8 Å². The van der Waals surface area contributed by atoms with E-state index in [1.54, 1.807) is 0 Å². The smallest absolute Gasteiger partial charge is 0.243 e. The number of primary amides is 1. The average Bonchev–Trinajstić information content (AvgIpc) is 2.92. The number of carbonyl (C=O) groups excluding carboxylic acids is 3. The van der Waals surface area contributed by atoms with E-state index in [-0.39, 0.29) is 18.4 Å². The Balaban J connectivity index is -0.000000541. The van der Waals surface area contributed by atoms with Crippen molar-refractivity contribution in [2.45, 2.75) is 93.2 Å². The van der Waals surface area contributed by atoms with Crippen LogP contribution in [0.4, 0.5) is 0 Å². The molecule has 1 rings (SSSR count). The molecule has 0 aromatic rings. The quantitative estimate of drug-likeness (QED) is 0.647. The molecule has 5 N–H and O–H groups in total. The van der Waals surface area contributed by atoms with E-state index in [1.165, 1.54) is 11.3 Å².